The van der Waals surface area contributed by atoms with Gasteiger partial charge in [-0.3, -0.25) is 19.3 Å². The van der Waals surface area contributed by atoms with Crippen molar-refractivity contribution in [3.8, 4) is 0 Å². The largest absolute Gasteiger partial charge is 0.459 e. The summed E-state index contributed by atoms with van der Waals surface area (Å²) in [5.41, 5.74) is 0.365. The molecule has 5 aliphatic rings. The van der Waals surface area contributed by atoms with Crippen molar-refractivity contribution in [2.24, 2.45) is 40.4 Å². The Morgan fingerprint density at radius 1 is 0.875 bits per heavy atom. The highest BCUT2D eigenvalue weighted by molar-refractivity contribution is 6.05. The number of fused-ring (bicyclic) bond motifs is 1. The van der Waals surface area contributed by atoms with Crippen molar-refractivity contribution in [3.05, 3.63) is 0 Å². The van der Waals surface area contributed by atoms with Crippen LogP contribution in [0.3, 0.4) is 0 Å². The van der Waals surface area contributed by atoms with Gasteiger partial charge in [-0.15, -0.1) is 0 Å². The van der Waals surface area contributed by atoms with Crippen LogP contribution in [0, 0.1) is 40.4 Å². The number of nitrogens with zero attached hydrogens (tertiary/aromatic N) is 1. The molecule has 2 amide bonds. The second kappa shape index (κ2) is 7.30. The Kier molecular flexibility index (Phi) is 5.11. The Balaban J connectivity index is 1.22. The van der Waals surface area contributed by atoms with Gasteiger partial charge in [-0.25, -0.2) is 0 Å². The van der Waals surface area contributed by atoms with Crippen LogP contribution in [0.5, 0.6) is 0 Å². The summed E-state index contributed by atoms with van der Waals surface area (Å²) in [4.78, 5) is 40.0. The van der Waals surface area contributed by atoms with Crippen LogP contribution in [0.4, 0.5) is 0 Å². The number of imide groups is 1. The number of hydrogen-bond acceptors (Lipinski definition) is 4. The zero-order valence-electron chi connectivity index (χ0n) is 20.6. The molecule has 4 aliphatic carbocycles. The van der Waals surface area contributed by atoms with Crippen molar-refractivity contribution in [1.82, 2.24) is 4.90 Å². The van der Waals surface area contributed by atoms with Crippen molar-refractivity contribution in [2.45, 2.75) is 110 Å². The molecule has 178 valence electrons. The molecular formula is C27H41NO4. The van der Waals surface area contributed by atoms with Gasteiger partial charge in [0.25, 0.3) is 0 Å². The zero-order valence-corrected chi connectivity index (χ0v) is 20.6. The average Bonchev–Trinajstić information content (AvgIpc) is 3.32. The molecule has 1 saturated heterocycles. The summed E-state index contributed by atoms with van der Waals surface area (Å²) < 4.78 is 6.40. The highest BCUT2D eigenvalue weighted by Gasteiger charge is 2.67. The lowest BCUT2D eigenvalue weighted by atomic mass is 9.66. The summed E-state index contributed by atoms with van der Waals surface area (Å²) in [6.45, 7) is 10.7. The van der Waals surface area contributed by atoms with Gasteiger partial charge in [0.2, 0.25) is 11.8 Å². The zero-order chi connectivity index (χ0) is 23.1. The van der Waals surface area contributed by atoms with E-state index in [1.165, 1.54) is 37.0 Å². The number of amides is 2. The van der Waals surface area contributed by atoms with Crippen LogP contribution in [0.25, 0.3) is 0 Å². The molecule has 0 aromatic rings. The van der Waals surface area contributed by atoms with Crippen LogP contribution in [-0.2, 0) is 19.1 Å². The number of carbonyl (C=O) groups is 3. The van der Waals surface area contributed by atoms with Gasteiger partial charge >= 0.3 is 5.97 Å². The standard InChI is InChI=1S/C27H41NO4/c1-16-17(2)23(30)28(22(16)29)19-10-8-18(9-11-19)24(31)32-26(5)13-14-27-12-6-7-20(27)25(3,4)21(26)15-27/h16-21H,6-15H2,1-5H3. The molecule has 0 aromatic carbocycles. The Morgan fingerprint density at radius 2 is 1.50 bits per heavy atom. The Morgan fingerprint density at radius 3 is 2.12 bits per heavy atom. The van der Waals surface area contributed by atoms with Crippen molar-refractivity contribution in [2.75, 3.05) is 0 Å². The number of esters is 1. The highest BCUT2D eigenvalue weighted by Crippen LogP contribution is 2.72. The van der Waals surface area contributed by atoms with Gasteiger partial charge in [0.1, 0.15) is 5.60 Å². The van der Waals surface area contributed by atoms with Crippen LogP contribution >= 0.6 is 0 Å². The lowest BCUT2D eigenvalue weighted by molar-refractivity contribution is -0.179. The molecule has 6 atom stereocenters. The van der Waals surface area contributed by atoms with E-state index in [0.717, 1.165) is 12.3 Å². The molecule has 2 bridgehead atoms. The topological polar surface area (TPSA) is 63.7 Å². The molecule has 1 spiro atoms. The fourth-order valence-electron chi connectivity index (χ4n) is 8.87. The third kappa shape index (κ3) is 3.05. The molecule has 5 nitrogen and oxygen atoms in total. The van der Waals surface area contributed by atoms with Gasteiger partial charge < -0.3 is 4.74 Å². The summed E-state index contributed by atoms with van der Waals surface area (Å²) in [5, 5.41) is 0. The van der Waals surface area contributed by atoms with Crippen LogP contribution in [0.15, 0.2) is 0 Å². The maximum absolute atomic E-state index is 13.3. The fourth-order valence-corrected chi connectivity index (χ4v) is 8.87. The molecule has 5 heteroatoms. The normalized spacial score (nSPS) is 47.6. The van der Waals surface area contributed by atoms with Crippen LogP contribution in [0.1, 0.15) is 98.8 Å². The maximum Gasteiger partial charge on any atom is 0.309 e. The first-order valence-corrected chi connectivity index (χ1v) is 13.1. The summed E-state index contributed by atoms with van der Waals surface area (Å²) in [6.07, 6.45) is 10.3. The summed E-state index contributed by atoms with van der Waals surface area (Å²) in [5.74, 6) is 0.537. The van der Waals surface area contributed by atoms with E-state index >= 15 is 0 Å². The van der Waals surface area contributed by atoms with E-state index < -0.39 is 0 Å². The summed E-state index contributed by atoms with van der Waals surface area (Å²) >= 11 is 0. The van der Waals surface area contributed by atoms with E-state index in [-0.39, 0.29) is 52.6 Å². The second-order valence-corrected chi connectivity index (χ2v) is 12.7. The molecule has 1 aliphatic heterocycles. The quantitative estimate of drug-likeness (QED) is 0.449. The van der Waals surface area contributed by atoms with Gasteiger partial charge in [0.15, 0.2) is 0 Å². The van der Waals surface area contributed by atoms with Gasteiger partial charge in [-0.05, 0) is 81.5 Å². The first-order chi connectivity index (χ1) is 15.0. The number of ether oxygens (including phenoxy) is 1. The third-order valence-corrected chi connectivity index (χ3v) is 10.9. The minimum Gasteiger partial charge on any atom is -0.459 e. The van der Waals surface area contributed by atoms with Crippen molar-refractivity contribution >= 4 is 17.8 Å². The van der Waals surface area contributed by atoms with Gasteiger partial charge in [0, 0.05) is 23.8 Å². The minimum absolute atomic E-state index is 0.0359. The molecule has 5 rings (SSSR count). The van der Waals surface area contributed by atoms with Crippen molar-refractivity contribution < 1.29 is 19.1 Å². The van der Waals surface area contributed by atoms with E-state index in [2.05, 4.69) is 20.8 Å². The monoisotopic (exact) mass is 443 g/mol. The smallest absolute Gasteiger partial charge is 0.309 e. The van der Waals surface area contributed by atoms with Gasteiger partial charge in [0.05, 0.1) is 5.92 Å². The second-order valence-electron chi connectivity index (χ2n) is 12.7. The van der Waals surface area contributed by atoms with E-state index in [1.54, 1.807) is 0 Å². The van der Waals surface area contributed by atoms with Crippen molar-refractivity contribution in [3.63, 3.8) is 0 Å². The Labute approximate surface area is 193 Å². The number of rotatable bonds is 3. The summed E-state index contributed by atoms with van der Waals surface area (Å²) in [7, 11) is 0. The van der Waals surface area contributed by atoms with E-state index in [0.29, 0.717) is 37.0 Å². The lowest BCUT2D eigenvalue weighted by Crippen LogP contribution is -2.48. The number of hydrogen-bond donors (Lipinski definition) is 0. The Hall–Kier alpha value is -1.39. The van der Waals surface area contributed by atoms with Crippen LogP contribution < -0.4 is 0 Å². The van der Waals surface area contributed by atoms with Gasteiger partial charge in [-0.1, -0.05) is 34.1 Å². The van der Waals surface area contributed by atoms with Crippen LogP contribution in [0.2, 0.25) is 0 Å². The maximum atomic E-state index is 13.3. The molecule has 0 aromatic heterocycles. The third-order valence-electron chi connectivity index (χ3n) is 10.9. The van der Waals surface area contributed by atoms with Crippen LogP contribution in [-0.4, -0.2) is 34.3 Å². The summed E-state index contributed by atoms with van der Waals surface area (Å²) in [6, 6.07) is -0.0512. The SMILES string of the molecule is CC1C(=O)N(C2CCC(C(=O)OC3(C)CCC45CCCC4C(C)(C)C3C5)CC2)C(=O)C1C. The van der Waals surface area contributed by atoms with Crippen molar-refractivity contribution in [1.29, 1.82) is 0 Å². The minimum atomic E-state index is -0.362. The highest BCUT2D eigenvalue weighted by atomic mass is 16.6. The molecule has 32 heavy (non-hydrogen) atoms. The predicted octanol–water partition coefficient (Wildman–Crippen LogP) is 5.11. The first kappa shape index (κ1) is 22.4. The number of carbonyl (C=O) groups excluding carboxylic acids is 3. The molecule has 0 radical (unpaired) electrons. The molecule has 6 unspecified atom stereocenters. The van der Waals surface area contributed by atoms with Gasteiger partial charge in [-0.2, -0.15) is 0 Å². The number of likely N-dealkylation sites (tertiary alicyclic amines) is 1. The fraction of sp³-hybridized carbons (Fsp3) is 0.889. The average molecular weight is 444 g/mol. The van der Waals surface area contributed by atoms with E-state index in [9.17, 15) is 14.4 Å². The van der Waals surface area contributed by atoms with E-state index in [1.807, 2.05) is 13.8 Å². The molecule has 5 fully saturated rings. The predicted molar refractivity (Wildman–Crippen MR) is 121 cm³/mol. The molecule has 1 heterocycles. The molecule has 0 N–H and O–H groups in total. The molecule has 4 saturated carbocycles. The molecular weight excluding hydrogens is 402 g/mol. The first-order valence-electron chi connectivity index (χ1n) is 13.1. The lowest BCUT2D eigenvalue weighted by Gasteiger charge is -2.46. The van der Waals surface area contributed by atoms with E-state index in [4.69, 9.17) is 4.74 Å². The Bertz CT molecular complexity index is 808.